The van der Waals surface area contributed by atoms with Crippen LogP contribution in [0, 0.1) is 0 Å². The monoisotopic (exact) mass is 280 g/mol. The largest absolute Gasteiger partial charge is 0.462 e. The molecule has 0 radical (unpaired) electrons. The lowest BCUT2D eigenvalue weighted by atomic mass is 10.1. The first-order chi connectivity index (χ1) is 9.51. The number of esters is 1. The molecule has 0 aliphatic heterocycles. The summed E-state index contributed by atoms with van der Waals surface area (Å²) < 4.78 is 5.09. The van der Waals surface area contributed by atoms with Crippen molar-refractivity contribution in [2.75, 3.05) is 30.4 Å². The van der Waals surface area contributed by atoms with E-state index in [-0.39, 0.29) is 18.6 Å². The van der Waals surface area contributed by atoms with Gasteiger partial charge in [0.05, 0.1) is 17.9 Å². The summed E-state index contributed by atoms with van der Waals surface area (Å²) in [4.78, 5) is 14.1. The predicted molar refractivity (Wildman–Crippen MR) is 81.0 cm³/mol. The molecule has 1 rings (SSSR count). The standard InChI is InChI=1S/C15H24N2O3/c1-4-20-15(19)13-10-12(16)6-7-14(13)17(11(2)3)8-5-9-18/h6-7,10-11,18H,4-5,8-9,16H2,1-3H3. The number of aliphatic hydroxyl groups is 1. The highest BCUT2D eigenvalue weighted by Gasteiger charge is 2.19. The van der Waals surface area contributed by atoms with Gasteiger partial charge in [-0.2, -0.15) is 0 Å². The van der Waals surface area contributed by atoms with Crippen LogP contribution in [-0.2, 0) is 4.74 Å². The zero-order valence-electron chi connectivity index (χ0n) is 12.4. The Morgan fingerprint density at radius 1 is 1.45 bits per heavy atom. The van der Waals surface area contributed by atoms with Crippen LogP contribution in [0.3, 0.4) is 0 Å². The summed E-state index contributed by atoms with van der Waals surface area (Å²) in [5.41, 5.74) is 7.57. The second-order valence-electron chi connectivity index (χ2n) is 4.86. The van der Waals surface area contributed by atoms with Crippen LogP contribution in [-0.4, -0.2) is 36.9 Å². The fraction of sp³-hybridized carbons (Fsp3) is 0.533. The lowest BCUT2D eigenvalue weighted by Crippen LogP contribution is -2.33. The second-order valence-corrected chi connectivity index (χ2v) is 4.86. The first kappa shape index (κ1) is 16.3. The smallest absolute Gasteiger partial charge is 0.340 e. The molecule has 5 nitrogen and oxygen atoms in total. The molecule has 20 heavy (non-hydrogen) atoms. The van der Waals surface area contributed by atoms with Crippen LogP contribution in [0.15, 0.2) is 18.2 Å². The van der Waals surface area contributed by atoms with E-state index in [4.69, 9.17) is 15.6 Å². The van der Waals surface area contributed by atoms with E-state index in [9.17, 15) is 4.79 Å². The highest BCUT2D eigenvalue weighted by atomic mass is 16.5. The number of ether oxygens (including phenoxy) is 1. The lowest BCUT2D eigenvalue weighted by molar-refractivity contribution is 0.0527. The van der Waals surface area contributed by atoms with Crippen molar-refractivity contribution in [3.05, 3.63) is 23.8 Å². The molecule has 0 amide bonds. The Morgan fingerprint density at radius 3 is 2.70 bits per heavy atom. The minimum atomic E-state index is -0.371. The first-order valence-corrected chi connectivity index (χ1v) is 6.95. The van der Waals surface area contributed by atoms with Gasteiger partial charge in [-0.05, 0) is 45.4 Å². The van der Waals surface area contributed by atoms with E-state index in [0.717, 1.165) is 5.69 Å². The molecule has 0 saturated carbocycles. The van der Waals surface area contributed by atoms with Gasteiger partial charge in [0.2, 0.25) is 0 Å². The quantitative estimate of drug-likeness (QED) is 0.590. The average molecular weight is 280 g/mol. The summed E-state index contributed by atoms with van der Waals surface area (Å²) >= 11 is 0. The average Bonchev–Trinajstić information content (AvgIpc) is 2.40. The number of nitrogens with zero attached hydrogens (tertiary/aromatic N) is 1. The minimum Gasteiger partial charge on any atom is -0.462 e. The molecule has 0 aromatic heterocycles. The molecule has 112 valence electrons. The summed E-state index contributed by atoms with van der Waals surface area (Å²) in [5.74, 6) is -0.371. The number of benzene rings is 1. The van der Waals surface area contributed by atoms with Gasteiger partial charge in [-0.3, -0.25) is 0 Å². The molecule has 0 saturated heterocycles. The molecule has 1 aromatic rings. The molecule has 0 fully saturated rings. The number of hydrogen-bond donors (Lipinski definition) is 2. The Kier molecular flexibility index (Phi) is 6.31. The summed E-state index contributed by atoms with van der Waals surface area (Å²) in [7, 11) is 0. The minimum absolute atomic E-state index is 0.118. The third-order valence-corrected chi connectivity index (χ3v) is 3.01. The van der Waals surface area contributed by atoms with E-state index in [1.165, 1.54) is 0 Å². The first-order valence-electron chi connectivity index (χ1n) is 6.95. The zero-order valence-corrected chi connectivity index (χ0v) is 12.4. The lowest BCUT2D eigenvalue weighted by Gasteiger charge is -2.30. The van der Waals surface area contributed by atoms with Crippen LogP contribution in [0.5, 0.6) is 0 Å². The molecule has 0 heterocycles. The number of carbonyl (C=O) groups is 1. The summed E-state index contributed by atoms with van der Waals surface area (Å²) in [6.07, 6.45) is 0.644. The maximum absolute atomic E-state index is 12.1. The molecule has 3 N–H and O–H groups in total. The third-order valence-electron chi connectivity index (χ3n) is 3.01. The number of nitrogens with two attached hydrogens (primary N) is 1. The molecule has 0 aliphatic carbocycles. The van der Waals surface area contributed by atoms with Crippen LogP contribution in [0.25, 0.3) is 0 Å². The molecule has 0 aliphatic rings. The molecule has 0 unspecified atom stereocenters. The second kappa shape index (κ2) is 7.75. The number of hydrogen-bond acceptors (Lipinski definition) is 5. The van der Waals surface area contributed by atoms with Gasteiger partial charge in [-0.25, -0.2) is 4.79 Å². The number of anilines is 2. The van der Waals surface area contributed by atoms with E-state index in [2.05, 4.69) is 4.90 Å². The Balaban J connectivity index is 3.15. The molecular weight excluding hydrogens is 256 g/mol. The van der Waals surface area contributed by atoms with Crippen molar-refractivity contribution >= 4 is 17.3 Å². The van der Waals surface area contributed by atoms with Crippen molar-refractivity contribution in [2.24, 2.45) is 0 Å². The van der Waals surface area contributed by atoms with Crippen molar-refractivity contribution in [2.45, 2.75) is 33.2 Å². The van der Waals surface area contributed by atoms with Gasteiger partial charge in [0, 0.05) is 24.9 Å². The number of nitrogen functional groups attached to an aromatic ring is 1. The van der Waals surface area contributed by atoms with E-state index in [1.807, 2.05) is 19.9 Å². The highest BCUT2D eigenvalue weighted by molar-refractivity contribution is 5.97. The maximum Gasteiger partial charge on any atom is 0.340 e. The van der Waals surface area contributed by atoms with E-state index >= 15 is 0 Å². The van der Waals surface area contributed by atoms with Gasteiger partial charge in [-0.1, -0.05) is 0 Å². The van der Waals surface area contributed by atoms with Gasteiger partial charge < -0.3 is 20.5 Å². The van der Waals surface area contributed by atoms with Gasteiger partial charge in [0.1, 0.15) is 0 Å². The number of rotatable bonds is 7. The molecule has 5 heteroatoms. The van der Waals surface area contributed by atoms with Gasteiger partial charge in [0.25, 0.3) is 0 Å². The fourth-order valence-corrected chi connectivity index (χ4v) is 2.07. The molecule has 0 spiro atoms. The molecule has 0 bridgehead atoms. The number of aliphatic hydroxyl groups excluding tert-OH is 1. The summed E-state index contributed by atoms with van der Waals surface area (Å²) in [5, 5.41) is 9.01. The normalized spacial score (nSPS) is 10.7. The Labute approximate surface area is 120 Å². The summed E-state index contributed by atoms with van der Waals surface area (Å²) in [6, 6.07) is 5.45. The van der Waals surface area contributed by atoms with E-state index in [0.29, 0.717) is 30.8 Å². The highest BCUT2D eigenvalue weighted by Crippen LogP contribution is 2.26. The molecule has 0 atom stereocenters. The SMILES string of the molecule is CCOC(=O)c1cc(N)ccc1N(CCCO)C(C)C. The summed E-state index contributed by atoms with van der Waals surface area (Å²) in [6.45, 7) is 6.98. The molecular formula is C15H24N2O3. The van der Waals surface area contributed by atoms with Crippen LogP contribution >= 0.6 is 0 Å². The van der Waals surface area contributed by atoms with Crippen molar-refractivity contribution in [3.8, 4) is 0 Å². The van der Waals surface area contributed by atoms with E-state index < -0.39 is 0 Å². The molecule has 1 aromatic carbocycles. The van der Waals surface area contributed by atoms with Crippen LogP contribution in [0.4, 0.5) is 11.4 Å². The van der Waals surface area contributed by atoms with Crippen molar-refractivity contribution < 1.29 is 14.6 Å². The third kappa shape index (κ3) is 4.13. The topological polar surface area (TPSA) is 75.8 Å². The van der Waals surface area contributed by atoms with Gasteiger partial charge in [0.15, 0.2) is 0 Å². The maximum atomic E-state index is 12.1. The van der Waals surface area contributed by atoms with Crippen LogP contribution < -0.4 is 10.6 Å². The Hall–Kier alpha value is -1.75. The Morgan fingerprint density at radius 2 is 2.15 bits per heavy atom. The zero-order chi connectivity index (χ0) is 15.1. The van der Waals surface area contributed by atoms with Gasteiger partial charge >= 0.3 is 5.97 Å². The van der Waals surface area contributed by atoms with E-state index in [1.54, 1.807) is 19.1 Å². The van der Waals surface area contributed by atoms with Crippen LogP contribution in [0.2, 0.25) is 0 Å². The Bertz CT molecular complexity index is 447. The number of carbonyl (C=O) groups excluding carboxylic acids is 1. The van der Waals surface area contributed by atoms with Crippen molar-refractivity contribution in [3.63, 3.8) is 0 Å². The predicted octanol–water partition coefficient (Wildman–Crippen LogP) is 2.04. The van der Waals surface area contributed by atoms with Crippen molar-refractivity contribution in [1.82, 2.24) is 0 Å². The van der Waals surface area contributed by atoms with Crippen LogP contribution in [0.1, 0.15) is 37.6 Å². The van der Waals surface area contributed by atoms with Gasteiger partial charge in [-0.15, -0.1) is 0 Å². The fourth-order valence-electron chi connectivity index (χ4n) is 2.07. The van der Waals surface area contributed by atoms with Crippen molar-refractivity contribution in [1.29, 1.82) is 0 Å².